The van der Waals surface area contributed by atoms with Crippen LogP contribution in [0.15, 0.2) is 72.8 Å². The van der Waals surface area contributed by atoms with Gasteiger partial charge < -0.3 is 14.9 Å². The van der Waals surface area contributed by atoms with E-state index >= 15 is 0 Å². The van der Waals surface area contributed by atoms with E-state index in [2.05, 4.69) is 65.3 Å². The molecule has 4 rings (SSSR count). The number of nitrogens with zero attached hydrogens (tertiary/aromatic N) is 1. The molecule has 1 aliphatic rings. The van der Waals surface area contributed by atoms with Gasteiger partial charge in [-0.15, -0.1) is 5.92 Å². The Morgan fingerprint density at radius 2 is 1.54 bits per heavy atom. The second-order valence-electron chi connectivity index (χ2n) is 8.94. The minimum Gasteiger partial charge on any atom is -0.489 e. The lowest BCUT2D eigenvalue weighted by Gasteiger charge is -2.16. The molecule has 1 aliphatic heterocycles. The number of benzene rings is 3. The summed E-state index contributed by atoms with van der Waals surface area (Å²) in [6, 6.07) is 24.7. The summed E-state index contributed by atoms with van der Waals surface area (Å²) >= 11 is 0. The molecular weight excluding hydrogens is 511 g/mol. The van der Waals surface area contributed by atoms with Crippen LogP contribution < -0.4 is 4.74 Å². The molecule has 2 N–H and O–H groups in total. The average Bonchev–Trinajstić information content (AvgIpc) is 3.30. The maximum atomic E-state index is 11.1. The van der Waals surface area contributed by atoms with E-state index in [-0.39, 0.29) is 12.3 Å². The molecule has 0 spiro atoms. The van der Waals surface area contributed by atoms with Crippen LogP contribution in [-0.2, 0) is 35.8 Å². The first-order valence-corrected chi connectivity index (χ1v) is 12.1. The summed E-state index contributed by atoms with van der Waals surface area (Å²) in [5, 5.41) is 16.2. The molecule has 1 atom stereocenters. The van der Waals surface area contributed by atoms with E-state index in [9.17, 15) is 18.0 Å². The van der Waals surface area contributed by atoms with Crippen molar-refractivity contribution in [1.29, 1.82) is 0 Å². The van der Waals surface area contributed by atoms with Crippen molar-refractivity contribution < 1.29 is 37.7 Å². The maximum absolute atomic E-state index is 11.1. The Morgan fingerprint density at radius 3 is 2.08 bits per heavy atom. The third-order valence-corrected chi connectivity index (χ3v) is 5.93. The lowest BCUT2D eigenvalue weighted by molar-refractivity contribution is -0.192. The number of carboxylic acids is 2. The van der Waals surface area contributed by atoms with Crippen LogP contribution in [0.2, 0.25) is 0 Å². The smallest absolute Gasteiger partial charge is 0.489 e. The number of rotatable bonds is 8. The topological polar surface area (TPSA) is 87.1 Å². The molecule has 6 nitrogen and oxygen atoms in total. The molecular formula is C30H28F3NO5. The number of halogens is 3. The van der Waals surface area contributed by atoms with Gasteiger partial charge in [0.2, 0.25) is 0 Å². The molecule has 0 bridgehead atoms. The molecule has 9 heteroatoms. The van der Waals surface area contributed by atoms with E-state index < -0.39 is 18.1 Å². The van der Waals surface area contributed by atoms with Gasteiger partial charge in [-0.2, -0.15) is 13.2 Å². The molecule has 0 radical (unpaired) electrons. The SMILES string of the molecule is CC#C[C@@H](CC(=O)O)c1ccc(OCc2cccc(CN3Cc4ccccc4C3)c2)cc1.O=C(O)C(F)(F)F. The minimum absolute atomic E-state index is 0.00403. The van der Waals surface area contributed by atoms with Gasteiger partial charge >= 0.3 is 18.1 Å². The van der Waals surface area contributed by atoms with Crippen LogP contribution in [-0.4, -0.2) is 33.2 Å². The Balaban J connectivity index is 0.000000532. The van der Waals surface area contributed by atoms with E-state index in [1.54, 1.807) is 6.92 Å². The van der Waals surface area contributed by atoms with Crippen LogP contribution in [0.1, 0.15) is 47.1 Å². The van der Waals surface area contributed by atoms with Crippen molar-refractivity contribution in [3.8, 4) is 17.6 Å². The van der Waals surface area contributed by atoms with E-state index in [1.807, 2.05) is 24.3 Å². The van der Waals surface area contributed by atoms with E-state index in [1.165, 1.54) is 16.7 Å². The van der Waals surface area contributed by atoms with Crippen LogP contribution in [0, 0.1) is 11.8 Å². The summed E-state index contributed by atoms with van der Waals surface area (Å²) in [7, 11) is 0. The fourth-order valence-corrected chi connectivity index (χ4v) is 4.16. The third-order valence-electron chi connectivity index (χ3n) is 5.93. The van der Waals surface area contributed by atoms with Crippen molar-refractivity contribution in [1.82, 2.24) is 4.90 Å². The number of hydrogen-bond acceptors (Lipinski definition) is 4. The molecule has 1 heterocycles. The van der Waals surface area contributed by atoms with Gasteiger partial charge in [-0.05, 0) is 46.9 Å². The van der Waals surface area contributed by atoms with Crippen molar-refractivity contribution in [2.45, 2.75) is 51.7 Å². The average molecular weight is 540 g/mol. The van der Waals surface area contributed by atoms with Crippen LogP contribution in [0.4, 0.5) is 13.2 Å². The first kappa shape index (κ1) is 29.3. The summed E-state index contributed by atoms with van der Waals surface area (Å²) in [6.45, 7) is 5.12. The monoisotopic (exact) mass is 539 g/mol. The molecule has 0 saturated carbocycles. The van der Waals surface area contributed by atoms with Crippen LogP contribution >= 0.6 is 0 Å². The van der Waals surface area contributed by atoms with Gasteiger partial charge in [0.15, 0.2) is 0 Å². The Bertz CT molecular complexity index is 1320. The predicted molar refractivity (Wildman–Crippen MR) is 139 cm³/mol. The van der Waals surface area contributed by atoms with Crippen molar-refractivity contribution in [2.75, 3.05) is 0 Å². The van der Waals surface area contributed by atoms with Crippen LogP contribution in [0.5, 0.6) is 5.75 Å². The second kappa shape index (κ2) is 13.5. The first-order chi connectivity index (χ1) is 18.5. The summed E-state index contributed by atoms with van der Waals surface area (Å²) in [4.78, 5) is 22.4. The van der Waals surface area contributed by atoms with Crippen LogP contribution in [0.25, 0.3) is 0 Å². The quantitative estimate of drug-likeness (QED) is 0.342. The normalized spacial score (nSPS) is 13.2. The highest BCUT2D eigenvalue weighted by Gasteiger charge is 2.38. The lowest BCUT2D eigenvalue weighted by atomic mass is 9.96. The Kier molecular flexibility index (Phi) is 10.1. The van der Waals surface area contributed by atoms with E-state index in [0.29, 0.717) is 6.61 Å². The number of ether oxygens (including phenoxy) is 1. The first-order valence-electron chi connectivity index (χ1n) is 12.1. The molecule has 0 saturated heterocycles. The molecule has 39 heavy (non-hydrogen) atoms. The van der Waals surface area contributed by atoms with Gasteiger partial charge in [-0.1, -0.05) is 66.6 Å². The Labute approximate surface area is 224 Å². The van der Waals surface area contributed by atoms with Crippen molar-refractivity contribution >= 4 is 11.9 Å². The second-order valence-corrected chi connectivity index (χ2v) is 8.94. The summed E-state index contributed by atoms with van der Waals surface area (Å²) in [5.41, 5.74) is 6.15. The third kappa shape index (κ3) is 9.20. The maximum Gasteiger partial charge on any atom is 0.490 e. The number of hydrogen-bond donors (Lipinski definition) is 2. The molecule has 204 valence electrons. The number of aliphatic carboxylic acids is 2. The number of fused-ring (bicyclic) bond motifs is 1. The predicted octanol–water partition coefficient (Wildman–Crippen LogP) is 6.00. The molecule has 0 fully saturated rings. The largest absolute Gasteiger partial charge is 0.490 e. The van der Waals surface area contributed by atoms with Gasteiger partial charge in [0.05, 0.1) is 12.3 Å². The Morgan fingerprint density at radius 1 is 0.949 bits per heavy atom. The fourth-order valence-electron chi connectivity index (χ4n) is 4.16. The highest BCUT2D eigenvalue weighted by atomic mass is 19.4. The van der Waals surface area contributed by atoms with Gasteiger partial charge in [0, 0.05) is 19.6 Å². The zero-order chi connectivity index (χ0) is 28.4. The minimum atomic E-state index is -5.08. The lowest BCUT2D eigenvalue weighted by Crippen LogP contribution is -2.21. The zero-order valence-electron chi connectivity index (χ0n) is 21.2. The van der Waals surface area contributed by atoms with Gasteiger partial charge in [0.25, 0.3) is 0 Å². The van der Waals surface area contributed by atoms with Gasteiger partial charge in [-0.25, -0.2) is 4.79 Å². The zero-order valence-corrected chi connectivity index (χ0v) is 21.2. The highest BCUT2D eigenvalue weighted by Crippen LogP contribution is 2.25. The van der Waals surface area contributed by atoms with Crippen molar-refractivity contribution in [3.63, 3.8) is 0 Å². The van der Waals surface area contributed by atoms with Crippen molar-refractivity contribution in [2.24, 2.45) is 0 Å². The highest BCUT2D eigenvalue weighted by molar-refractivity contribution is 5.73. The van der Waals surface area contributed by atoms with Crippen LogP contribution in [0.3, 0.4) is 0 Å². The van der Waals surface area contributed by atoms with Gasteiger partial charge in [-0.3, -0.25) is 9.69 Å². The van der Waals surface area contributed by atoms with Gasteiger partial charge in [0.1, 0.15) is 12.4 Å². The molecule has 3 aromatic carbocycles. The van der Waals surface area contributed by atoms with Crippen molar-refractivity contribution in [3.05, 3.63) is 101 Å². The number of carboxylic acid groups (broad SMARTS) is 2. The number of alkyl halides is 3. The molecule has 0 unspecified atom stereocenters. The fraction of sp³-hybridized carbons (Fsp3) is 0.267. The summed E-state index contributed by atoms with van der Waals surface area (Å²) < 4.78 is 37.7. The molecule has 0 amide bonds. The van der Waals surface area contributed by atoms with E-state index in [0.717, 1.165) is 36.5 Å². The number of carbonyl (C=O) groups is 2. The Hall–Kier alpha value is -4.29. The standard InChI is InChI=1S/C28H27NO3.C2HF3O2/c1-2-6-24(16-28(30)31)23-11-13-27(14-12-23)32-20-22-8-5-7-21(15-22)17-29-18-25-9-3-4-10-26(25)19-29;3-2(4,5)1(6)7/h3-5,7-15,24H,16-20H2,1H3,(H,30,31);(H,6,7)/t24-;/m0./s1. The summed E-state index contributed by atoms with van der Waals surface area (Å²) in [6.07, 6.45) is -5.09. The molecule has 3 aromatic rings. The molecule has 0 aliphatic carbocycles. The molecule has 0 aromatic heterocycles. The van der Waals surface area contributed by atoms with E-state index in [4.69, 9.17) is 19.7 Å². The summed E-state index contributed by atoms with van der Waals surface area (Å²) in [5.74, 6) is 2.64.